The number of aryl methyl sites for hydroxylation is 1. The van der Waals surface area contributed by atoms with Crippen molar-refractivity contribution < 1.29 is 17.2 Å². The van der Waals surface area contributed by atoms with E-state index in [2.05, 4.69) is 20.3 Å². The van der Waals surface area contributed by atoms with Crippen LogP contribution in [0.5, 0.6) is 0 Å². The monoisotopic (exact) mass is 458 g/mol. The van der Waals surface area contributed by atoms with E-state index in [9.17, 15) is 12.8 Å². The van der Waals surface area contributed by atoms with Crippen molar-refractivity contribution in [3.63, 3.8) is 0 Å². The number of imidazole rings is 1. The number of aromatic nitrogens is 6. The molecular formula is C21H20F2N6O2S. The van der Waals surface area contributed by atoms with Crippen molar-refractivity contribution in [1.82, 2.24) is 29.5 Å². The summed E-state index contributed by atoms with van der Waals surface area (Å²) >= 11 is 0. The second-order valence-corrected chi connectivity index (χ2v) is 9.55. The number of rotatable bonds is 7. The molecule has 4 aromatic rings. The average Bonchev–Trinajstić information content (AvgIpc) is 3.40. The molecule has 11 heteroatoms. The van der Waals surface area contributed by atoms with Crippen LogP contribution < -0.4 is 0 Å². The molecule has 0 bridgehead atoms. The predicted molar refractivity (Wildman–Crippen MR) is 114 cm³/mol. The summed E-state index contributed by atoms with van der Waals surface area (Å²) in [5, 5.41) is 7.87. The van der Waals surface area contributed by atoms with Gasteiger partial charge < -0.3 is 4.57 Å². The normalized spacial score (nSPS) is 11.8. The van der Waals surface area contributed by atoms with E-state index in [0.29, 0.717) is 17.7 Å². The van der Waals surface area contributed by atoms with Gasteiger partial charge in [-0.1, -0.05) is 18.2 Å². The van der Waals surface area contributed by atoms with E-state index in [1.165, 1.54) is 6.20 Å². The summed E-state index contributed by atoms with van der Waals surface area (Å²) in [4.78, 5) is 8.38. The van der Waals surface area contributed by atoms with E-state index in [0.717, 1.165) is 28.2 Å². The van der Waals surface area contributed by atoms with E-state index in [1.54, 1.807) is 36.3 Å². The van der Waals surface area contributed by atoms with Gasteiger partial charge in [-0.15, -0.1) is 5.10 Å². The van der Waals surface area contributed by atoms with Gasteiger partial charge in [-0.25, -0.2) is 26.9 Å². The SMILES string of the molecule is CCCS(=O)(=O)Cc1ccc(F)c(-n2cc(-c3cncc(-n4cnc(C)c4)c3)nn2)c1F. The summed E-state index contributed by atoms with van der Waals surface area (Å²) in [6, 6.07) is 3.96. The maximum absolute atomic E-state index is 15.1. The fraction of sp³-hybridized carbons (Fsp3) is 0.238. The zero-order valence-corrected chi connectivity index (χ0v) is 18.2. The van der Waals surface area contributed by atoms with Crippen molar-refractivity contribution in [1.29, 1.82) is 0 Å². The summed E-state index contributed by atoms with van der Waals surface area (Å²) in [5.74, 6) is -2.46. The fourth-order valence-electron chi connectivity index (χ4n) is 3.30. The molecule has 3 aromatic heterocycles. The molecule has 0 aliphatic carbocycles. The first-order valence-corrected chi connectivity index (χ1v) is 11.7. The lowest BCUT2D eigenvalue weighted by molar-refractivity contribution is 0.547. The Morgan fingerprint density at radius 1 is 1.12 bits per heavy atom. The predicted octanol–water partition coefficient (Wildman–Crippen LogP) is 3.43. The van der Waals surface area contributed by atoms with Crippen LogP contribution in [0.2, 0.25) is 0 Å². The largest absolute Gasteiger partial charge is 0.304 e. The lowest BCUT2D eigenvalue weighted by Gasteiger charge is -2.09. The van der Waals surface area contributed by atoms with Crippen LogP contribution in [0.3, 0.4) is 0 Å². The zero-order chi connectivity index (χ0) is 22.9. The minimum atomic E-state index is -3.51. The van der Waals surface area contributed by atoms with Crippen molar-refractivity contribution in [2.75, 3.05) is 5.75 Å². The molecule has 0 saturated carbocycles. The Balaban J connectivity index is 1.69. The first-order valence-electron chi connectivity index (χ1n) is 9.84. The van der Waals surface area contributed by atoms with E-state index in [4.69, 9.17) is 0 Å². The zero-order valence-electron chi connectivity index (χ0n) is 17.4. The summed E-state index contributed by atoms with van der Waals surface area (Å²) in [7, 11) is -3.51. The summed E-state index contributed by atoms with van der Waals surface area (Å²) < 4.78 is 56.6. The third-order valence-corrected chi connectivity index (χ3v) is 6.57. The second-order valence-electron chi connectivity index (χ2n) is 7.36. The molecule has 4 rings (SSSR count). The van der Waals surface area contributed by atoms with Gasteiger partial charge in [0.25, 0.3) is 0 Å². The average molecular weight is 458 g/mol. The number of benzene rings is 1. The quantitative estimate of drug-likeness (QED) is 0.421. The van der Waals surface area contributed by atoms with Crippen molar-refractivity contribution in [2.45, 2.75) is 26.0 Å². The number of sulfone groups is 1. The van der Waals surface area contributed by atoms with Crippen LogP contribution in [-0.4, -0.2) is 43.7 Å². The van der Waals surface area contributed by atoms with Gasteiger partial charge in [-0.3, -0.25) is 4.98 Å². The van der Waals surface area contributed by atoms with Gasteiger partial charge in [-0.2, -0.15) is 0 Å². The third-order valence-electron chi connectivity index (χ3n) is 4.79. The molecule has 0 N–H and O–H groups in total. The molecule has 0 spiro atoms. The highest BCUT2D eigenvalue weighted by Gasteiger charge is 2.21. The molecular weight excluding hydrogens is 438 g/mol. The van der Waals surface area contributed by atoms with E-state index in [-0.39, 0.29) is 11.3 Å². The van der Waals surface area contributed by atoms with Crippen molar-refractivity contribution in [2.24, 2.45) is 0 Å². The number of hydrogen-bond donors (Lipinski definition) is 0. The Kier molecular flexibility index (Phi) is 5.83. The Hall–Kier alpha value is -3.47. The minimum absolute atomic E-state index is 0.0770. The van der Waals surface area contributed by atoms with Gasteiger partial charge in [0.1, 0.15) is 11.4 Å². The molecule has 0 radical (unpaired) electrons. The van der Waals surface area contributed by atoms with Crippen molar-refractivity contribution >= 4 is 9.84 Å². The maximum atomic E-state index is 15.1. The number of halogens is 2. The highest BCUT2D eigenvalue weighted by molar-refractivity contribution is 7.90. The number of nitrogens with zero attached hydrogens (tertiary/aromatic N) is 6. The molecule has 3 heterocycles. The topological polar surface area (TPSA) is 95.6 Å². The maximum Gasteiger partial charge on any atom is 0.156 e. The van der Waals surface area contributed by atoms with Crippen LogP contribution in [0.4, 0.5) is 8.78 Å². The standard InChI is InChI=1S/C21H20F2N6O2S/c1-3-6-32(30,31)12-15-4-5-18(22)21(20(15)23)29-11-19(26-27-29)16-7-17(9-24-8-16)28-10-14(2)25-13-28/h4-5,7-11,13H,3,6,12H2,1-2H3. The molecule has 0 amide bonds. The molecule has 1 aromatic carbocycles. The highest BCUT2D eigenvalue weighted by atomic mass is 32.2. The summed E-state index contributed by atoms with van der Waals surface area (Å²) in [5.41, 5.74) is 1.90. The summed E-state index contributed by atoms with van der Waals surface area (Å²) in [6.45, 7) is 3.59. The number of pyridine rings is 1. The lowest BCUT2D eigenvalue weighted by Crippen LogP contribution is -2.12. The van der Waals surface area contributed by atoms with Gasteiger partial charge in [0.15, 0.2) is 21.5 Å². The van der Waals surface area contributed by atoms with E-state index >= 15 is 4.39 Å². The first kappa shape index (κ1) is 21.8. The molecule has 166 valence electrons. The molecule has 0 aliphatic heterocycles. The second kappa shape index (κ2) is 8.58. The number of hydrogen-bond acceptors (Lipinski definition) is 6. The van der Waals surface area contributed by atoms with Gasteiger partial charge in [0, 0.05) is 23.5 Å². The molecule has 32 heavy (non-hydrogen) atoms. The van der Waals surface area contributed by atoms with E-state index < -0.39 is 32.9 Å². The highest BCUT2D eigenvalue weighted by Crippen LogP contribution is 2.25. The fourth-order valence-corrected chi connectivity index (χ4v) is 4.76. The van der Waals surface area contributed by atoms with Crippen LogP contribution in [0, 0.1) is 18.6 Å². The molecule has 0 unspecified atom stereocenters. The van der Waals surface area contributed by atoms with Crippen LogP contribution in [0.25, 0.3) is 22.6 Å². The Bertz CT molecular complexity index is 1380. The van der Waals surface area contributed by atoms with E-state index in [1.807, 2.05) is 13.1 Å². The van der Waals surface area contributed by atoms with Crippen molar-refractivity contribution in [3.05, 3.63) is 72.2 Å². The van der Waals surface area contributed by atoms with Crippen molar-refractivity contribution in [3.8, 4) is 22.6 Å². The lowest BCUT2D eigenvalue weighted by atomic mass is 10.2. The first-order chi connectivity index (χ1) is 15.3. The van der Waals surface area contributed by atoms with Gasteiger partial charge in [0.2, 0.25) is 0 Å². The molecule has 0 atom stereocenters. The molecule has 0 fully saturated rings. The minimum Gasteiger partial charge on any atom is -0.304 e. The Morgan fingerprint density at radius 2 is 1.94 bits per heavy atom. The smallest absolute Gasteiger partial charge is 0.156 e. The third kappa shape index (κ3) is 4.42. The molecule has 0 saturated heterocycles. The van der Waals surface area contributed by atoms with Crippen LogP contribution >= 0.6 is 0 Å². The summed E-state index contributed by atoms with van der Waals surface area (Å²) in [6.07, 6.45) is 8.47. The van der Waals surface area contributed by atoms with Gasteiger partial charge >= 0.3 is 0 Å². The van der Waals surface area contributed by atoms with Gasteiger partial charge in [0.05, 0.1) is 41.6 Å². The Morgan fingerprint density at radius 3 is 2.66 bits per heavy atom. The molecule has 8 nitrogen and oxygen atoms in total. The Labute approximate surface area is 183 Å². The van der Waals surface area contributed by atoms with Crippen LogP contribution in [0.1, 0.15) is 24.6 Å². The van der Waals surface area contributed by atoms with Crippen LogP contribution in [0.15, 0.2) is 49.3 Å². The van der Waals surface area contributed by atoms with Crippen LogP contribution in [-0.2, 0) is 15.6 Å². The van der Waals surface area contributed by atoms with Gasteiger partial charge in [-0.05, 0) is 25.5 Å². The molecule has 0 aliphatic rings.